The first kappa shape index (κ1) is 20.8. The SMILES string of the molecule is CNS(=O)(=O)Cc1ccc(CNC(=O)Cc2ccc(-c3ccccc3)cc2)cc1. The summed E-state index contributed by atoms with van der Waals surface area (Å²) in [5, 5.41) is 2.90. The van der Waals surface area contributed by atoms with Crippen molar-refractivity contribution >= 4 is 15.9 Å². The Kier molecular flexibility index (Phi) is 6.80. The van der Waals surface area contributed by atoms with Gasteiger partial charge in [-0.05, 0) is 34.9 Å². The first-order chi connectivity index (χ1) is 13.9. The average Bonchev–Trinajstić information content (AvgIpc) is 2.74. The van der Waals surface area contributed by atoms with E-state index in [0.29, 0.717) is 18.5 Å². The highest BCUT2D eigenvalue weighted by Crippen LogP contribution is 2.19. The molecule has 150 valence electrons. The summed E-state index contributed by atoms with van der Waals surface area (Å²) in [5.41, 5.74) is 4.84. The third-order valence-corrected chi connectivity index (χ3v) is 5.94. The van der Waals surface area contributed by atoms with Gasteiger partial charge in [-0.15, -0.1) is 0 Å². The molecule has 0 unspecified atom stereocenters. The van der Waals surface area contributed by atoms with Crippen molar-refractivity contribution in [2.24, 2.45) is 0 Å². The Labute approximate surface area is 171 Å². The Balaban J connectivity index is 1.51. The van der Waals surface area contributed by atoms with Crippen LogP contribution in [0.15, 0.2) is 78.9 Å². The van der Waals surface area contributed by atoms with Gasteiger partial charge in [0.15, 0.2) is 0 Å². The predicted molar refractivity (Wildman–Crippen MR) is 116 cm³/mol. The van der Waals surface area contributed by atoms with E-state index < -0.39 is 10.0 Å². The maximum Gasteiger partial charge on any atom is 0.224 e. The molecule has 0 radical (unpaired) electrons. The molecule has 0 aliphatic carbocycles. The van der Waals surface area contributed by atoms with Crippen LogP contribution in [0.5, 0.6) is 0 Å². The van der Waals surface area contributed by atoms with Crippen LogP contribution in [0.25, 0.3) is 11.1 Å². The van der Waals surface area contributed by atoms with Gasteiger partial charge in [-0.1, -0.05) is 78.9 Å². The molecule has 1 amide bonds. The van der Waals surface area contributed by atoms with E-state index >= 15 is 0 Å². The smallest absolute Gasteiger partial charge is 0.224 e. The van der Waals surface area contributed by atoms with Gasteiger partial charge in [0.05, 0.1) is 12.2 Å². The predicted octanol–water partition coefficient (Wildman–Crippen LogP) is 3.26. The normalized spacial score (nSPS) is 11.2. The molecule has 0 bridgehead atoms. The van der Waals surface area contributed by atoms with Gasteiger partial charge in [-0.25, -0.2) is 13.1 Å². The van der Waals surface area contributed by atoms with Crippen molar-refractivity contribution in [1.82, 2.24) is 10.0 Å². The molecule has 3 rings (SSSR count). The third-order valence-electron chi connectivity index (χ3n) is 4.61. The molecule has 0 aromatic heterocycles. The van der Waals surface area contributed by atoms with E-state index in [2.05, 4.69) is 22.2 Å². The Morgan fingerprint density at radius 2 is 1.31 bits per heavy atom. The van der Waals surface area contributed by atoms with E-state index in [4.69, 9.17) is 0 Å². The quantitative estimate of drug-likeness (QED) is 0.601. The molecule has 0 aliphatic rings. The molecule has 0 saturated heterocycles. The van der Waals surface area contributed by atoms with Crippen LogP contribution in [-0.2, 0) is 33.5 Å². The zero-order chi connectivity index (χ0) is 20.7. The Morgan fingerprint density at radius 1 is 0.759 bits per heavy atom. The topological polar surface area (TPSA) is 75.3 Å². The molecule has 29 heavy (non-hydrogen) atoms. The Morgan fingerprint density at radius 3 is 1.93 bits per heavy atom. The Hall–Kier alpha value is -2.96. The van der Waals surface area contributed by atoms with Crippen LogP contribution >= 0.6 is 0 Å². The van der Waals surface area contributed by atoms with Gasteiger partial charge in [0.1, 0.15) is 0 Å². The molecule has 0 atom stereocenters. The Bertz CT molecular complexity index is 1050. The maximum atomic E-state index is 12.2. The molecule has 0 aliphatic heterocycles. The third kappa shape index (κ3) is 6.27. The standard InChI is InChI=1S/C23H24N2O3S/c1-24-29(27,28)17-20-9-7-19(8-10-20)16-25-23(26)15-18-11-13-22(14-12-18)21-5-3-2-4-6-21/h2-14,24H,15-17H2,1H3,(H,25,26). The van der Waals surface area contributed by atoms with Crippen molar-refractivity contribution in [3.8, 4) is 11.1 Å². The first-order valence-electron chi connectivity index (χ1n) is 9.35. The number of benzene rings is 3. The number of carbonyl (C=O) groups is 1. The molecule has 3 aromatic rings. The van der Waals surface area contributed by atoms with Crippen LogP contribution in [0.4, 0.5) is 0 Å². The van der Waals surface area contributed by atoms with E-state index in [9.17, 15) is 13.2 Å². The van der Waals surface area contributed by atoms with Gasteiger partial charge < -0.3 is 5.32 Å². The number of amides is 1. The summed E-state index contributed by atoms with van der Waals surface area (Å²) in [7, 11) is -1.89. The minimum Gasteiger partial charge on any atom is -0.352 e. The van der Waals surface area contributed by atoms with Gasteiger partial charge in [-0.2, -0.15) is 0 Å². The van der Waals surface area contributed by atoms with Crippen molar-refractivity contribution in [3.63, 3.8) is 0 Å². The summed E-state index contributed by atoms with van der Waals surface area (Å²) < 4.78 is 25.4. The minimum atomic E-state index is -3.29. The van der Waals surface area contributed by atoms with Crippen LogP contribution < -0.4 is 10.0 Å². The lowest BCUT2D eigenvalue weighted by molar-refractivity contribution is -0.120. The fourth-order valence-corrected chi connectivity index (χ4v) is 3.71. The molecule has 0 saturated carbocycles. The van der Waals surface area contributed by atoms with E-state index in [1.807, 2.05) is 54.6 Å². The summed E-state index contributed by atoms with van der Waals surface area (Å²) in [6, 6.07) is 25.3. The summed E-state index contributed by atoms with van der Waals surface area (Å²) in [5.74, 6) is -0.117. The molecule has 0 heterocycles. The van der Waals surface area contributed by atoms with Gasteiger partial charge in [0, 0.05) is 6.54 Å². The summed E-state index contributed by atoms with van der Waals surface area (Å²) in [6.07, 6.45) is 0.313. The fraction of sp³-hybridized carbons (Fsp3) is 0.174. The highest BCUT2D eigenvalue weighted by molar-refractivity contribution is 7.88. The second-order valence-electron chi connectivity index (χ2n) is 6.80. The molecule has 3 aromatic carbocycles. The molecule has 0 fully saturated rings. The molecule has 0 spiro atoms. The largest absolute Gasteiger partial charge is 0.352 e. The lowest BCUT2D eigenvalue weighted by Gasteiger charge is -2.08. The number of rotatable bonds is 8. The highest BCUT2D eigenvalue weighted by Gasteiger charge is 2.09. The van der Waals surface area contributed by atoms with Crippen LogP contribution in [0.2, 0.25) is 0 Å². The second kappa shape index (κ2) is 9.49. The lowest BCUT2D eigenvalue weighted by atomic mass is 10.0. The van der Waals surface area contributed by atoms with E-state index in [1.54, 1.807) is 12.1 Å². The van der Waals surface area contributed by atoms with Crippen molar-refractivity contribution in [2.75, 3.05) is 7.05 Å². The van der Waals surface area contributed by atoms with Crippen LogP contribution in [0.1, 0.15) is 16.7 Å². The van der Waals surface area contributed by atoms with Crippen LogP contribution in [0.3, 0.4) is 0 Å². The lowest BCUT2D eigenvalue weighted by Crippen LogP contribution is -2.24. The van der Waals surface area contributed by atoms with Gasteiger partial charge in [0.25, 0.3) is 0 Å². The first-order valence-corrected chi connectivity index (χ1v) is 11.0. The molecule has 6 heteroatoms. The number of nitrogens with one attached hydrogen (secondary N) is 2. The van der Waals surface area contributed by atoms with Crippen molar-refractivity contribution in [2.45, 2.75) is 18.7 Å². The highest BCUT2D eigenvalue weighted by atomic mass is 32.2. The van der Waals surface area contributed by atoms with E-state index in [0.717, 1.165) is 22.3 Å². The fourth-order valence-electron chi connectivity index (χ4n) is 2.94. The van der Waals surface area contributed by atoms with Crippen molar-refractivity contribution < 1.29 is 13.2 Å². The van der Waals surface area contributed by atoms with E-state index in [-0.39, 0.29) is 11.7 Å². The zero-order valence-corrected chi connectivity index (χ0v) is 17.1. The summed E-state index contributed by atoms with van der Waals surface area (Å²) in [6.45, 7) is 0.403. The number of carbonyl (C=O) groups excluding carboxylic acids is 1. The van der Waals surface area contributed by atoms with Gasteiger partial charge >= 0.3 is 0 Å². The summed E-state index contributed by atoms with van der Waals surface area (Å²) >= 11 is 0. The monoisotopic (exact) mass is 408 g/mol. The number of sulfonamides is 1. The number of hydrogen-bond donors (Lipinski definition) is 2. The zero-order valence-electron chi connectivity index (χ0n) is 16.3. The van der Waals surface area contributed by atoms with Crippen LogP contribution in [0, 0.1) is 0 Å². The minimum absolute atomic E-state index is 0.0562. The second-order valence-corrected chi connectivity index (χ2v) is 8.72. The van der Waals surface area contributed by atoms with Crippen LogP contribution in [-0.4, -0.2) is 21.4 Å². The maximum absolute atomic E-state index is 12.2. The molecule has 5 nitrogen and oxygen atoms in total. The molecule has 2 N–H and O–H groups in total. The molecular weight excluding hydrogens is 384 g/mol. The van der Waals surface area contributed by atoms with Crippen molar-refractivity contribution in [3.05, 3.63) is 95.6 Å². The van der Waals surface area contributed by atoms with Gasteiger partial charge in [-0.3, -0.25) is 4.79 Å². The van der Waals surface area contributed by atoms with E-state index in [1.165, 1.54) is 7.05 Å². The van der Waals surface area contributed by atoms with Crippen molar-refractivity contribution in [1.29, 1.82) is 0 Å². The average molecular weight is 409 g/mol. The summed E-state index contributed by atoms with van der Waals surface area (Å²) in [4.78, 5) is 12.2. The van der Waals surface area contributed by atoms with Gasteiger partial charge in [0.2, 0.25) is 15.9 Å². The molecular formula is C23H24N2O3S. The number of hydrogen-bond acceptors (Lipinski definition) is 3.